The summed E-state index contributed by atoms with van der Waals surface area (Å²) in [6.45, 7) is 3.78. The van der Waals surface area contributed by atoms with Gasteiger partial charge in [0.1, 0.15) is 10.6 Å². The van der Waals surface area contributed by atoms with Crippen molar-refractivity contribution >= 4 is 28.9 Å². The second-order valence-electron chi connectivity index (χ2n) is 6.81. The van der Waals surface area contributed by atoms with Gasteiger partial charge < -0.3 is 14.8 Å². The summed E-state index contributed by atoms with van der Waals surface area (Å²) in [4.78, 5) is 26.7. The van der Waals surface area contributed by atoms with E-state index in [4.69, 9.17) is 9.47 Å². The molecule has 5 nitrogen and oxygen atoms in total. The van der Waals surface area contributed by atoms with Crippen LogP contribution in [0.5, 0.6) is 5.75 Å². The maximum Gasteiger partial charge on any atom is 0.349 e. The van der Waals surface area contributed by atoms with Crippen molar-refractivity contribution in [2.24, 2.45) is 5.92 Å². The highest BCUT2D eigenvalue weighted by atomic mass is 32.1. The molecular weight excluding hydrogens is 362 g/mol. The van der Waals surface area contributed by atoms with Crippen LogP contribution in [0, 0.1) is 5.92 Å². The molecule has 1 aromatic carbocycles. The van der Waals surface area contributed by atoms with Crippen molar-refractivity contribution in [3.8, 4) is 5.75 Å². The Hall–Kier alpha value is -2.34. The van der Waals surface area contributed by atoms with Gasteiger partial charge in [0.2, 0.25) is 0 Å². The Balaban J connectivity index is 1.62. The van der Waals surface area contributed by atoms with Crippen molar-refractivity contribution in [1.29, 1.82) is 0 Å². The number of esters is 1. The summed E-state index contributed by atoms with van der Waals surface area (Å²) in [5, 5.41) is 2.74. The fraction of sp³-hybridized carbons (Fsp3) is 0.429. The predicted molar refractivity (Wildman–Crippen MR) is 107 cm³/mol. The van der Waals surface area contributed by atoms with E-state index in [1.165, 1.54) is 35.3 Å². The standard InChI is InChI=1S/C21H25NO4S/c1-4-14-9-10-18-15(11-14)12-19(27-18)21(24)26-13(2)20(23)22-16-7-5-6-8-17(16)25-3/h5-8,12-14H,4,9-11H2,1-3H3,(H,22,23). The highest BCUT2D eigenvalue weighted by Gasteiger charge is 2.25. The van der Waals surface area contributed by atoms with Crippen molar-refractivity contribution in [2.75, 3.05) is 12.4 Å². The van der Waals surface area contributed by atoms with E-state index in [1.807, 2.05) is 12.1 Å². The van der Waals surface area contributed by atoms with Crippen molar-refractivity contribution in [2.45, 2.75) is 45.6 Å². The van der Waals surface area contributed by atoms with Crippen LogP contribution in [0.4, 0.5) is 5.69 Å². The van der Waals surface area contributed by atoms with Crippen LogP contribution in [0.3, 0.4) is 0 Å². The van der Waals surface area contributed by atoms with Crippen LogP contribution in [0.1, 0.15) is 46.8 Å². The minimum Gasteiger partial charge on any atom is -0.495 e. The van der Waals surface area contributed by atoms with Crippen LogP contribution >= 0.6 is 11.3 Å². The van der Waals surface area contributed by atoms with Crippen molar-refractivity contribution in [1.82, 2.24) is 0 Å². The Morgan fingerprint density at radius 3 is 2.85 bits per heavy atom. The maximum absolute atomic E-state index is 12.5. The third kappa shape index (κ3) is 4.50. The Morgan fingerprint density at radius 2 is 2.11 bits per heavy atom. The lowest BCUT2D eigenvalue weighted by Gasteiger charge is -2.19. The number of methoxy groups -OCH3 is 1. The number of anilines is 1. The third-order valence-corrected chi connectivity index (χ3v) is 6.20. The van der Waals surface area contributed by atoms with Gasteiger partial charge in [0.05, 0.1) is 12.8 Å². The number of hydrogen-bond donors (Lipinski definition) is 1. The third-order valence-electron chi connectivity index (χ3n) is 4.98. The number of fused-ring (bicyclic) bond motifs is 1. The minimum absolute atomic E-state index is 0.389. The Morgan fingerprint density at radius 1 is 1.33 bits per heavy atom. The molecule has 1 heterocycles. The number of benzene rings is 1. The van der Waals surface area contributed by atoms with E-state index in [-0.39, 0.29) is 5.91 Å². The largest absolute Gasteiger partial charge is 0.495 e. The highest BCUT2D eigenvalue weighted by Crippen LogP contribution is 2.34. The summed E-state index contributed by atoms with van der Waals surface area (Å²) >= 11 is 1.49. The maximum atomic E-state index is 12.5. The molecule has 1 N–H and O–H groups in total. The van der Waals surface area contributed by atoms with Crippen molar-refractivity contribution in [3.05, 3.63) is 45.6 Å². The van der Waals surface area contributed by atoms with E-state index in [1.54, 1.807) is 25.1 Å². The van der Waals surface area contributed by atoms with E-state index >= 15 is 0 Å². The number of para-hydroxylation sites is 2. The molecule has 0 radical (unpaired) electrons. The number of amides is 1. The summed E-state index contributed by atoms with van der Waals surface area (Å²) in [5.41, 5.74) is 1.81. The zero-order valence-corrected chi connectivity index (χ0v) is 16.7. The second kappa shape index (κ2) is 8.57. The lowest BCUT2D eigenvalue weighted by molar-refractivity contribution is -0.123. The van der Waals surface area contributed by atoms with Crippen LogP contribution in [0.25, 0.3) is 0 Å². The molecule has 2 atom stereocenters. The average molecular weight is 388 g/mol. The molecule has 1 aromatic heterocycles. The van der Waals surface area contributed by atoms with Gasteiger partial charge in [0.25, 0.3) is 5.91 Å². The molecule has 1 amide bonds. The number of carbonyl (C=O) groups excluding carboxylic acids is 2. The molecule has 0 bridgehead atoms. The number of rotatable bonds is 6. The van der Waals surface area contributed by atoms with Gasteiger partial charge in [-0.05, 0) is 55.9 Å². The molecular formula is C21H25NO4S. The zero-order valence-electron chi connectivity index (χ0n) is 15.9. The number of aryl methyl sites for hydroxylation is 1. The molecule has 2 aromatic rings. The monoisotopic (exact) mass is 387 g/mol. The van der Waals surface area contributed by atoms with Gasteiger partial charge >= 0.3 is 5.97 Å². The molecule has 0 saturated carbocycles. The number of carbonyl (C=O) groups is 2. The first-order valence-electron chi connectivity index (χ1n) is 9.28. The topological polar surface area (TPSA) is 64.6 Å². The highest BCUT2D eigenvalue weighted by molar-refractivity contribution is 7.14. The fourth-order valence-corrected chi connectivity index (χ4v) is 4.39. The first-order valence-corrected chi connectivity index (χ1v) is 10.1. The van der Waals surface area contributed by atoms with Gasteiger partial charge in [-0.25, -0.2) is 4.79 Å². The summed E-state index contributed by atoms with van der Waals surface area (Å²) in [6.07, 6.45) is 3.49. The SMILES string of the molecule is CCC1CCc2sc(C(=O)OC(C)C(=O)Nc3ccccc3OC)cc2C1. The van der Waals surface area contributed by atoms with E-state index in [0.717, 1.165) is 19.3 Å². The Labute approximate surface area is 163 Å². The van der Waals surface area contributed by atoms with Crippen molar-refractivity contribution < 1.29 is 19.1 Å². The second-order valence-corrected chi connectivity index (χ2v) is 7.95. The average Bonchev–Trinajstić information content (AvgIpc) is 3.11. The molecule has 1 aliphatic carbocycles. The van der Waals surface area contributed by atoms with Crippen molar-refractivity contribution in [3.63, 3.8) is 0 Å². The molecule has 0 saturated heterocycles. The minimum atomic E-state index is -0.898. The van der Waals surface area contributed by atoms with Crippen LogP contribution in [0.15, 0.2) is 30.3 Å². The van der Waals surface area contributed by atoms with E-state index < -0.39 is 12.1 Å². The first kappa shape index (κ1) is 19.4. The molecule has 2 unspecified atom stereocenters. The number of ether oxygens (including phenoxy) is 2. The van der Waals surface area contributed by atoms with Crippen LogP contribution < -0.4 is 10.1 Å². The van der Waals surface area contributed by atoms with Gasteiger partial charge in [-0.15, -0.1) is 11.3 Å². The zero-order chi connectivity index (χ0) is 19.4. The van der Waals surface area contributed by atoms with Gasteiger partial charge in [-0.1, -0.05) is 25.5 Å². The van der Waals surface area contributed by atoms with E-state index in [2.05, 4.69) is 12.2 Å². The molecule has 0 aliphatic heterocycles. The summed E-state index contributed by atoms with van der Waals surface area (Å²) in [7, 11) is 1.54. The lowest BCUT2D eigenvalue weighted by Crippen LogP contribution is -2.29. The molecule has 1 aliphatic rings. The van der Waals surface area contributed by atoms with Crippen LogP contribution in [-0.4, -0.2) is 25.1 Å². The lowest BCUT2D eigenvalue weighted by atomic mass is 9.87. The summed E-state index contributed by atoms with van der Waals surface area (Å²) in [6, 6.07) is 9.05. The molecule has 3 rings (SSSR count). The summed E-state index contributed by atoms with van der Waals surface area (Å²) < 4.78 is 10.6. The smallest absolute Gasteiger partial charge is 0.349 e. The summed E-state index contributed by atoms with van der Waals surface area (Å²) in [5.74, 6) is 0.424. The van der Waals surface area contributed by atoms with Gasteiger partial charge in [0.15, 0.2) is 6.10 Å². The number of hydrogen-bond acceptors (Lipinski definition) is 5. The number of thiophene rings is 1. The van der Waals surface area contributed by atoms with Gasteiger partial charge in [0, 0.05) is 4.88 Å². The van der Waals surface area contributed by atoms with E-state index in [0.29, 0.717) is 22.2 Å². The number of nitrogens with one attached hydrogen (secondary N) is 1. The molecule has 27 heavy (non-hydrogen) atoms. The van der Waals surface area contributed by atoms with Gasteiger partial charge in [-0.3, -0.25) is 4.79 Å². The first-order chi connectivity index (χ1) is 13.0. The van der Waals surface area contributed by atoms with E-state index in [9.17, 15) is 9.59 Å². The predicted octanol–water partition coefficient (Wildman–Crippen LogP) is 4.46. The van der Waals surface area contributed by atoms with Crippen LogP contribution in [-0.2, 0) is 22.4 Å². The Kier molecular flexibility index (Phi) is 6.16. The van der Waals surface area contributed by atoms with Gasteiger partial charge in [-0.2, -0.15) is 0 Å². The fourth-order valence-electron chi connectivity index (χ4n) is 3.30. The quantitative estimate of drug-likeness (QED) is 0.744. The molecule has 0 spiro atoms. The molecule has 6 heteroatoms. The Bertz CT molecular complexity index is 829. The molecule has 0 fully saturated rings. The molecule has 144 valence electrons. The van der Waals surface area contributed by atoms with Crippen LogP contribution in [0.2, 0.25) is 0 Å². The normalized spacial score (nSPS) is 16.9.